The number of ether oxygens (including phenoxy) is 3. The van der Waals surface area contributed by atoms with E-state index in [-0.39, 0.29) is 24.3 Å². The van der Waals surface area contributed by atoms with Crippen LogP contribution >= 0.6 is 0 Å². The zero-order valence-corrected chi connectivity index (χ0v) is 15.2. The summed E-state index contributed by atoms with van der Waals surface area (Å²) in [4.78, 5) is 22.8. The lowest BCUT2D eigenvalue weighted by Gasteiger charge is -2.36. The Morgan fingerprint density at radius 1 is 1.30 bits per heavy atom. The van der Waals surface area contributed by atoms with Crippen molar-refractivity contribution in [3.05, 3.63) is 54.1 Å². The molecule has 1 aromatic carbocycles. The van der Waals surface area contributed by atoms with Crippen molar-refractivity contribution in [2.45, 2.75) is 56.7 Å². The van der Waals surface area contributed by atoms with Gasteiger partial charge in [-0.15, -0.1) is 0 Å². The standard InChI is InChI=1S/C21H24O6/c1-14(22)25-17-11-16(8-7-15-5-3-2-4-6-15)26-18(12-17)13-20-19(23)9-10-21(24)27-20/h2-10,16-20,23H,11-13H2,1H3/b8-7+/t16-,17+,18-,19+,20+/m0/s1. The van der Waals surface area contributed by atoms with Crippen molar-refractivity contribution in [3.8, 4) is 0 Å². The molecule has 0 bridgehead atoms. The molecule has 2 aliphatic rings. The average molecular weight is 372 g/mol. The molecule has 0 radical (unpaired) electrons. The van der Waals surface area contributed by atoms with Gasteiger partial charge in [-0.1, -0.05) is 42.5 Å². The summed E-state index contributed by atoms with van der Waals surface area (Å²) in [6.45, 7) is 1.39. The molecule has 5 atom stereocenters. The molecule has 6 heteroatoms. The lowest BCUT2D eigenvalue weighted by atomic mass is 9.94. The van der Waals surface area contributed by atoms with Crippen LogP contribution in [0.2, 0.25) is 0 Å². The molecule has 2 heterocycles. The van der Waals surface area contributed by atoms with Gasteiger partial charge in [0.25, 0.3) is 0 Å². The highest BCUT2D eigenvalue weighted by Gasteiger charge is 2.35. The van der Waals surface area contributed by atoms with Crippen LogP contribution in [0.1, 0.15) is 31.7 Å². The molecule has 0 amide bonds. The molecule has 1 aromatic rings. The van der Waals surface area contributed by atoms with Gasteiger partial charge in [-0.25, -0.2) is 4.79 Å². The van der Waals surface area contributed by atoms with Gasteiger partial charge in [0, 0.05) is 32.3 Å². The summed E-state index contributed by atoms with van der Waals surface area (Å²) in [5, 5.41) is 10.0. The second-order valence-electron chi connectivity index (χ2n) is 6.83. The molecule has 3 rings (SSSR count). The molecule has 6 nitrogen and oxygen atoms in total. The number of carbonyl (C=O) groups is 2. The highest BCUT2D eigenvalue weighted by molar-refractivity contribution is 5.83. The van der Waals surface area contributed by atoms with Crippen molar-refractivity contribution in [1.82, 2.24) is 0 Å². The Hall–Kier alpha value is -2.44. The Morgan fingerprint density at radius 2 is 2.07 bits per heavy atom. The van der Waals surface area contributed by atoms with Crippen LogP contribution in [0.25, 0.3) is 6.08 Å². The Balaban J connectivity index is 1.67. The molecule has 1 N–H and O–H groups in total. The number of carbonyl (C=O) groups excluding carboxylic acids is 2. The number of hydrogen-bond donors (Lipinski definition) is 1. The molecule has 2 aliphatic heterocycles. The molecular weight excluding hydrogens is 348 g/mol. The zero-order chi connectivity index (χ0) is 19.2. The van der Waals surface area contributed by atoms with E-state index in [9.17, 15) is 14.7 Å². The number of aliphatic hydroxyl groups excluding tert-OH is 1. The summed E-state index contributed by atoms with van der Waals surface area (Å²) in [6.07, 6.45) is 5.62. The van der Waals surface area contributed by atoms with Crippen LogP contribution < -0.4 is 0 Å². The summed E-state index contributed by atoms with van der Waals surface area (Å²) >= 11 is 0. The van der Waals surface area contributed by atoms with Gasteiger partial charge in [-0.2, -0.15) is 0 Å². The molecule has 27 heavy (non-hydrogen) atoms. The van der Waals surface area contributed by atoms with Gasteiger partial charge >= 0.3 is 11.9 Å². The van der Waals surface area contributed by atoms with E-state index < -0.39 is 18.2 Å². The lowest BCUT2D eigenvalue weighted by molar-refractivity contribution is -0.163. The topological polar surface area (TPSA) is 82.1 Å². The van der Waals surface area contributed by atoms with E-state index in [0.717, 1.165) is 5.56 Å². The van der Waals surface area contributed by atoms with Crippen LogP contribution in [0, 0.1) is 0 Å². The van der Waals surface area contributed by atoms with Crippen molar-refractivity contribution < 1.29 is 28.9 Å². The Morgan fingerprint density at radius 3 is 2.81 bits per heavy atom. The first-order chi connectivity index (χ1) is 13.0. The minimum Gasteiger partial charge on any atom is -0.462 e. The monoisotopic (exact) mass is 372 g/mol. The number of benzene rings is 1. The second kappa shape index (κ2) is 8.97. The highest BCUT2D eigenvalue weighted by atomic mass is 16.6. The number of esters is 2. The minimum absolute atomic E-state index is 0.236. The third-order valence-electron chi connectivity index (χ3n) is 4.60. The van der Waals surface area contributed by atoms with Crippen LogP contribution in [0.5, 0.6) is 0 Å². The van der Waals surface area contributed by atoms with Gasteiger partial charge in [-0.05, 0) is 11.6 Å². The van der Waals surface area contributed by atoms with E-state index in [1.807, 2.05) is 42.5 Å². The van der Waals surface area contributed by atoms with Crippen LogP contribution in [0.15, 0.2) is 48.6 Å². The van der Waals surface area contributed by atoms with Crippen molar-refractivity contribution >= 4 is 18.0 Å². The molecule has 1 saturated heterocycles. The molecule has 0 unspecified atom stereocenters. The molecule has 0 saturated carbocycles. The summed E-state index contributed by atoms with van der Waals surface area (Å²) < 4.78 is 16.7. The quantitative estimate of drug-likeness (QED) is 0.800. The molecule has 0 aliphatic carbocycles. The molecule has 0 aromatic heterocycles. The fourth-order valence-electron chi connectivity index (χ4n) is 3.40. The van der Waals surface area contributed by atoms with Crippen molar-refractivity contribution in [2.24, 2.45) is 0 Å². The molecular formula is C21H24O6. The molecule has 144 valence electrons. The first-order valence-corrected chi connectivity index (χ1v) is 9.12. The van der Waals surface area contributed by atoms with E-state index in [1.165, 1.54) is 19.1 Å². The third kappa shape index (κ3) is 5.77. The summed E-state index contributed by atoms with van der Waals surface area (Å²) in [7, 11) is 0. The third-order valence-corrected chi connectivity index (χ3v) is 4.60. The Labute approximate surface area is 158 Å². The van der Waals surface area contributed by atoms with Gasteiger partial charge in [0.2, 0.25) is 0 Å². The van der Waals surface area contributed by atoms with Gasteiger partial charge in [0.05, 0.1) is 12.2 Å². The van der Waals surface area contributed by atoms with Crippen molar-refractivity contribution in [3.63, 3.8) is 0 Å². The normalized spacial score (nSPS) is 30.9. The first-order valence-electron chi connectivity index (χ1n) is 9.12. The van der Waals surface area contributed by atoms with Crippen LogP contribution in [0.3, 0.4) is 0 Å². The summed E-state index contributed by atoms with van der Waals surface area (Å²) in [6, 6.07) is 9.85. The summed E-state index contributed by atoms with van der Waals surface area (Å²) in [5.41, 5.74) is 1.05. The van der Waals surface area contributed by atoms with E-state index in [2.05, 4.69) is 0 Å². The fourth-order valence-corrected chi connectivity index (χ4v) is 3.40. The fraction of sp³-hybridized carbons (Fsp3) is 0.429. The Bertz CT molecular complexity index is 711. The smallest absolute Gasteiger partial charge is 0.330 e. The van der Waals surface area contributed by atoms with Crippen LogP contribution in [-0.4, -0.2) is 47.6 Å². The number of cyclic esters (lactones) is 1. The van der Waals surface area contributed by atoms with Gasteiger partial charge in [-0.3, -0.25) is 4.79 Å². The summed E-state index contributed by atoms with van der Waals surface area (Å²) in [5.74, 6) is -0.809. The number of rotatable bonds is 5. The second-order valence-corrected chi connectivity index (χ2v) is 6.83. The van der Waals surface area contributed by atoms with E-state index in [4.69, 9.17) is 14.2 Å². The van der Waals surface area contributed by atoms with E-state index in [0.29, 0.717) is 19.3 Å². The largest absolute Gasteiger partial charge is 0.462 e. The lowest BCUT2D eigenvalue weighted by Crippen LogP contribution is -2.42. The maximum Gasteiger partial charge on any atom is 0.330 e. The van der Waals surface area contributed by atoms with E-state index in [1.54, 1.807) is 0 Å². The average Bonchev–Trinajstić information content (AvgIpc) is 2.63. The number of aliphatic hydroxyl groups is 1. The van der Waals surface area contributed by atoms with Crippen LogP contribution in [0.4, 0.5) is 0 Å². The van der Waals surface area contributed by atoms with Gasteiger partial charge < -0.3 is 19.3 Å². The zero-order valence-electron chi connectivity index (χ0n) is 15.2. The SMILES string of the molecule is CC(=O)O[C@H]1C[C@@H](C[C@H]2OC(=O)C=C[C@H]2O)O[C@@H](/C=C/c2ccccc2)C1. The maximum absolute atomic E-state index is 11.5. The van der Waals surface area contributed by atoms with Crippen molar-refractivity contribution in [1.29, 1.82) is 0 Å². The maximum atomic E-state index is 11.5. The van der Waals surface area contributed by atoms with E-state index >= 15 is 0 Å². The van der Waals surface area contributed by atoms with Gasteiger partial charge in [0.1, 0.15) is 18.3 Å². The van der Waals surface area contributed by atoms with Crippen molar-refractivity contribution in [2.75, 3.05) is 0 Å². The first kappa shape index (κ1) is 19.3. The molecule has 1 fully saturated rings. The minimum atomic E-state index is -0.862. The van der Waals surface area contributed by atoms with Gasteiger partial charge in [0.15, 0.2) is 0 Å². The number of hydrogen-bond acceptors (Lipinski definition) is 6. The Kier molecular flexibility index (Phi) is 6.42. The highest BCUT2D eigenvalue weighted by Crippen LogP contribution is 2.28. The predicted molar refractivity (Wildman–Crippen MR) is 98.6 cm³/mol. The molecule has 0 spiro atoms. The predicted octanol–water partition coefficient (Wildman–Crippen LogP) is 2.41. The van der Waals surface area contributed by atoms with Crippen LogP contribution in [-0.2, 0) is 23.8 Å².